The molecule has 0 unspecified atom stereocenters. The van der Waals surface area contributed by atoms with Gasteiger partial charge >= 0.3 is 6.03 Å². The number of ether oxygens (including phenoxy) is 1. The van der Waals surface area contributed by atoms with Crippen molar-refractivity contribution in [3.63, 3.8) is 0 Å². The zero-order chi connectivity index (χ0) is 19.2. The fourth-order valence-electron chi connectivity index (χ4n) is 2.50. The van der Waals surface area contributed by atoms with Crippen LogP contribution in [-0.4, -0.2) is 28.3 Å². The number of pyridine rings is 1. The van der Waals surface area contributed by atoms with Crippen LogP contribution in [-0.2, 0) is 6.42 Å². The highest BCUT2D eigenvalue weighted by Gasteiger charge is 2.11. The topological polar surface area (TPSA) is 89.0 Å². The van der Waals surface area contributed by atoms with E-state index in [1.165, 1.54) is 16.9 Å². The Morgan fingerprint density at radius 3 is 2.63 bits per heavy atom. The third kappa shape index (κ3) is 5.24. The lowest BCUT2D eigenvalue weighted by atomic mass is 10.0. The van der Waals surface area contributed by atoms with E-state index in [-0.39, 0.29) is 6.03 Å². The maximum Gasteiger partial charge on any atom is 0.325 e. The maximum absolute atomic E-state index is 12.2. The lowest BCUT2D eigenvalue weighted by Gasteiger charge is -2.08. The monoisotopic (exact) mass is 383 g/mol. The second-order valence-corrected chi connectivity index (χ2v) is 7.35. The highest BCUT2D eigenvalue weighted by molar-refractivity contribution is 7.18. The number of benzene rings is 1. The predicted octanol–water partition coefficient (Wildman–Crippen LogP) is 4.45. The van der Waals surface area contributed by atoms with Gasteiger partial charge in [0.25, 0.3) is 0 Å². The van der Waals surface area contributed by atoms with E-state index >= 15 is 0 Å². The molecular formula is C19H21N5O2S. The summed E-state index contributed by atoms with van der Waals surface area (Å²) in [6, 6.07) is 11.1. The van der Waals surface area contributed by atoms with Gasteiger partial charge in [0, 0.05) is 23.5 Å². The van der Waals surface area contributed by atoms with Crippen molar-refractivity contribution in [1.29, 1.82) is 0 Å². The lowest BCUT2D eigenvalue weighted by Crippen LogP contribution is -2.19. The van der Waals surface area contributed by atoms with Gasteiger partial charge in [-0.1, -0.05) is 37.3 Å². The van der Waals surface area contributed by atoms with E-state index in [1.807, 2.05) is 30.3 Å². The minimum atomic E-state index is -0.360. The summed E-state index contributed by atoms with van der Waals surface area (Å²) in [4.78, 5) is 16.2. The number of urea groups is 1. The summed E-state index contributed by atoms with van der Waals surface area (Å²) in [5.74, 6) is 1.09. The molecule has 140 valence electrons. The number of carbonyl (C=O) groups excluding carboxylic acids is 1. The van der Waals surface area contributed by atoms with Gasteiger partial charge < -0.3 is 10.1 Å². The highest BCUT2D eigenvalue weighted by atomic mass is 32.1. The second-order valence-electron chi connectivity index (χ2n) is 6.37. The Morgan fingerprint density at radius 2 is 1.93 bits per heavy atom. The first kappa shape index (κ1) is 18.8. The van der Waals surface area contributed by atoms with Crippen LogP contribution in [0.3, 0.4) is 0 Å². The summed E-state index contributed by atoms with van der Waals surface area (Å²) in [6.45, 7) is 4.36. The van der Waals surface area contributed by atoms with Crippen molar-refractivity contribution < 1.29 is 9.53 Å². The fraction of sp³-hybridized carbons (Fsp3) is 0.263. The molecule has 2 amide bonds. The maximum atomic E-state index is 12.2. The number of nitrogens with zero attached hydrogens (tertiary/aromatic N) is 3. The standard InChI is InChI=1S/C19H21N5O2S/c1-12(2)10-13-4-6-15(7-5-13)21-18(25)22-19-24-23-17(27-19)14-8-9-20-16(11-14)26-3/h4-9,11-12H,10H2,1-3H3,(H2,21,22,24,25). The minimum Gasteiger partial charge on any atom is -0.481 e. The minimum absolute atomic E-state index is 0.360. The Morgan fingerprint density at radius 1 is 1.15 bits per heavy atom. The molecule has 3 aromatic rings. The molecule has 0 bridgehead atoms. The number of aromatic nitrogens is 3. The van der Waals surface area contributed by atoms with Crippen LogP contribution in [0.2, 0.25) is 0 Å². The third-order valence-electron chi connectivity index (χ3n) is 3.69. The summed E-state index contributed by atoms with van der Waals surface area (Å²) < 4.78 is 5.11. The normalized spacial score (nSPS) is 10.7. The van der Waals surface area contributed by atoms with Crippen molar-refractivity contribution in [2.24, 2.45) is 5.92 Å². The molecule has 0 radical (unpaired) electrons. The van der Waals surface area contributed by atoms with E-state index in [1.54, 1.807) is 19.4 Å². The predicted molar refractivity (Wildman–Crippen MR) is 107 cm³/mol. The summed E-state index contributed by atoms with van der Waals surface area (Å²) in [6.07, 6.45) is 2.65. The van der Waals surface area contributed by atoms with Gasteiger partial charge in [-0.15, -0.1) is 10.2 Å². The van der Waals surface area contributed by atoms with Gasteiger partial charge in [0.05, 0.1) is 7.11 Å². The first-order chi connectivity index (χ1) is 13.0. The smallest absolute Gasteiger partial charge is 0.325 e. The Kier molecular flexibility index (Phi) is 5.97. The molecule has 0 fully saturated rings. The van der Waals surface area contributed by atoms with Crippen molar-refractivity contribution >= 4 is 28.2 Å². The van der Waals surface area contributed by atoms with Crippen LogP contribution in [0.5, 0.6) is 5.88 Å². The molecule has 0 saturated carbocycles. The second kappa shape index (κ2) is 8.59. The van der Waals surface area contributed by atoms with E-state index in [0.29, 0.717) is 21.9 Å². The number of hydrogen-bond acceptors (Lipinski definition) is 6. The molecule has 1 aromatic carbocycles. The number of rotatable bonds is 6. The molecule has 2 aromatic heterocycles. The zero-order valence-corrected chi connectivity index (χ0v) is 16.2. The molecule has 7 nitrogen and oxygen atoms in total. The van der Waals surface area contributed by atoms with E-state index in [0.717, 1.165) is 17.7 Å². The first-order valence-corrected chi connectivity index (χ1v) is 9.36. The Balaban J connectivity index is 1.60. The number of amides is 2. The van der Waals surface area contributed by atoms with Crippen molar-refractivity contribution in [2.45, 2.75) is 20.3 Å². The van der Waals surface area contributed by atoms with Crippen LogP contribution in [0.25, 0.3) is 10.6 Å². The fourth-order valence-corrected chi connectivity index (χ4v) is 3.23. The van der Waals surface area contributed by atoms with Gasteiger partial charge in [0.2, 0.25) is 11.0 Å². The molecule has 8 heteroatoms. The SMILES string of the molecule is COc1cc(-c2nnc(NC(=O)Nc3ccc(CC(C)C)cc3)s2)ccn1. The molecule has 0 atom stereocenters. The summed E-state index contributed by atoms with van der Waals surface area (Å²) in [5.41, 5.74) is 2.80. The molecule has 0 aliphatic heterocycles. The summed E-state index contributed by atoms with van der Waals surface area (Å²) >= 11 is 1.28. The van der Waals surface area contributed by atoms with Crippen LogP contribution in [0.1, 0.15) is 19.4 Å². The van der Waals surface area contributed by atoms with Crippen molar-refractivity contribution in [2.75, 3.05) is 17.7 Å². The van der Waals surface area contributed by atoms with E-state index in [2.05, 4.69) is 39.7 Å². The number of hydrogen-bond donors (Lipinski definition) is 2. The molecule has 0 aliphatic rings. The van der Waals surface area contributed by atoms with Gasteiger partial charge in [-0.05, 0) is 36.1 Å². The first-order valence-electron chi connectivity index (χ1n) is 8.54. The molecule has 3 rings (SSSR count). The van der Waals surface area contributed by atoms with Crippen LogP contribution in [0.4, 0.5) is 15.6 Å². The van der Waals surface area contributed by atoms with Crippen LogP contribution in [0.15, 0.2) is 42.6 Å². The molecule has 0 aliphatic carbocycles. The molecule has 27 heavy (non-hydrogen) atoms. The molecule has 0 saturated heterocycles. The lowest BCUT2D eigenvalue weighted by molar-refractivity contribution is 0.262. The number of nitrogens with one attached hydrogen (secondary N) is 2. The molecule has 2 N–H and O–H groups in total. The van der Waals surface area contributed by atoms with Crippen molar-refractivity contribution in [1.82, 2.24) is 15.2 Å². The van der Waals surface area contributed by atoms with E-state index < -0.39 is 0 Å². The number of anilines is 2. The largest absolute Gasteiger partial charge is 0.481 e. The van der Waals surface area contributed by atoms with Gasteiger partial charge in [-0.2, -0.15) is 0 Å². The van der Waals surface area contributed by atoms with E-state index in [4.69, 9.17) is 4.74 Å². The third-order valence-corrected chi connectivity index (χ3v) is 4.58. The van der Waals surface area contributed by atoms with Crippen LogP contribution >= 0.6 is 11.3 Å². The van der Waals surface area contributed by atoms with E-state index in [9.17, 15) is 4.79 Å². The van der Waals surface area contributed by atoms with Crippen molar-refractivity contribution in [3.8, 4) is 16.5 Å². The van der Waals surface area contributed by atoms with Gasteiger partial charge in [0.15, 0.2) is 0 Å². The molecule has 2 heterocycles. The average Bonchev–Trinajstić information content (AvgIpc) is 3.11. The van der Waals surface area contributed by atoms with Crippen molar-refractivity contribution in [3.05, 3.63) is 48.2 Å². The Bertz CT molecular complexity index is 908. The molecule has 0 spiro atoms. The Hall–Kier alpha value is -3.00. The van der Waals surface area contributed by atoms with Gasteiger partial charge in [0.1, 0.15) is 5.01 Å². The van der Waals surface area contributed by atoms with Gasteiger partial charge in [-0.3, -0.25) is 5.32 Å². The highest BCUT2D eigenvalue weighted by Crippen LogP contribution is 2.27. The van der Waals surface area contributed by atoms with Crippen LogP contribution < -0.4 is 15.4 Å². The quantitative estimate of drug-likeness (QED) is 0.656. The number of carbonyl (C=O) groups is 1. The molecular weight excluding hydrogens is 362 g/mol. The van der Waals surface area contributed by atoms with Gasteiger partial charge in [-0.25, -0.2) is 9.78 Å². The van der Waals surface area contributed by atoms with Crippen LogP contribution in [0, 0.1) is 5.92 Å². The zero-order valence-electron chi connectivity index (χ0n) is 15.4. The average molecular weight is 383 g/mol. The summed E-state index contributed by atoms with van der Waals surface area (Å²) in [7, 11) is 1.55. The Labute approximate surface area is 161 Å². The summed E-state index contributed by atoms with van der Waals surface area (Å²) in [5, 5.41) is 14.7. The number of methoxy groups -OCH3 is 1.